The van der Waals surface area contributed by atoms with Gasteiger partial charge in [-0.3, -0.25) is 0 Å². The first-order chi connectivity index (χ1) is 10.2. The zero-order valence-electron chi connectivity index (χ0n) is 12.5. The minimum atomic E-state index is -0.0957. The van der Waals surface area contributed by atoms with Gasteiger partial charge in [0.15, 0.2) is 11.9 Å². The Labute approximate surface area is 129 Å². The number of fused-ring (bicyclic) bond motifs is 1. The van der Waals surface area contributed by atoms with Crippen molar-refractivity contribution < 1.29 is 4.74 Å². The Bertz CT molecular complexity index is 660. The molecule has 1 aromatic carbocycles. The van der Waals surface area contributed by atoms with Crippen LogP contribution < -0.4 is 10.1 Å². The molecule has 5 heteroatoms. The lowest BCUT2D eigenvalue weighted by Gasteiger charge is -2.25. The van der Waals surface area contributed by atoms with Gasteiger partial charge in [-0.1, -0.05) is 12.1 Å². The Morgan fingerprint density at radius 2 is 2.10 bits per heavy atom. The topological polar surface area (TPSA) is 47.0 Å². The summed E-state index contributed by atoms with van der Waals surface area (Å²) >= 11 is 1.80. The van der Waals surface area contributed by atoms with Gasteiger partial charge in [0.25, 0.3) is 0 Å². The molecule has 110 valence electrons. The number of hydrogen-bond acceptors (Lipinski definition) is 5. The molecular formula is C16H19N3OS. The van der Waals surface area contributed by atoms with Gasteiger partial charge in [0.1, 0.15) is 11.6 Å². The molecule has 0 bridgehead atoms. The lowest BCUT2D eigenvalue weighted by atomic mass is 10.2. The van der Waals surface area contributed by atoms with Gasteiger partial charge in [0.2, 0.25) is 0 Å². The SMILES string of the molecule is CCNc1nc(C2CSc3ccccc3O2)nc(C)c1C. The zero-order chi connectivity index (χ0) is 14.8. The molecule has 1 N–H and O–H groups in total. The zero-order valence-corrected chi connectivity index (χ0v) is 13.3. The molecule has 21 heavy (non-hydrogen) atoms. The Morgan fingerprint density at radius 3 is 2.90 bits per heavy atom. The molecule has 0 saturated carbocycles. The van der Waals surface area contributed by atoms with Crippen LogP contribution in [0.25, 0.3) is 0 Å². The highest BCUT2D eigenvalue weighted by Gasteiger charge is 2.25. The first kappa shape index (κ1) is 14.2. The van der Waals surface area contributed by atoms with Crippen molar-refractivity contribution in [1.29, 1.82) is 0 Å². The third-order valence-corrected chi connectivity index (χ3v) is 4.67. The van der Waals surface area contributed by atoms with Gasteiger partial charge in [0, 0.05) is 28.5 Å². The van der Waals surface area contributed by atoms with Crippen LogP contribution in [0.5, 0.6) is 5.75 Å². The predicted octanol–water partition coefficient (Wildman–Crippen LogP) is 3.75. The van der Waals surface area contributed by atoms with Crippen LogP contribution in [0, 0.1) is 13.8 Å². The van der Waals surface area contributed by atoms with E-state index in [2.05, 4.69) is 28.3 Å². The van der Waals surface area contributed by atoms with Crippen molar-refractivity contribution in [3.8, 4) is 5.75 Å². The summed E-state index contributed by atoms with van der Waals surface area (Å²) < 4.78 is 6.07. The molecule has 4 nitrogen and oxygen atoms in total. The van der Waals surface area contributed by atoms with E-state index >= 15 is 0 Å². The van der Waals surface area contributed by atoms with Crippen LogP contribution in [0.15, 0.2) is 29.2 Å². The lowest BCUT2D eigenvalue weighted by molar-refractivity contribution is 0.210. The fourth-order valence-electron chi connectivity index (χ4n) is 2.28. The number of para-hydroxylation sites is 1. The third-order valence-electron chi connectivity index (χ3n) is 3.55. The summed E-state index contributed by atoms with van der Waals surface area (Å²) in [5, 5.41) is 3.30. The second-order valence-corrected chi connectivity index (χ2v) is 6.10. The number of hydrogen-bond donors (Lipinski definition) is 1. The van der Waals surface area contributed by atoms with Crippen molar-refractivity contribution in [2.24, 2.45) is 0 Å². The largest absolute Gasteiger partial charge is 0.480 e. The number of benzene rings is 1. The van der Waals surface area contributed by atoms with E-state index in [-0.39, 0.29) is 6.10 Å². The second-order valence-electron chi connectivity index (χ2n) is 5.04. The van der Waals surface area contributed by atoms with Gasteiger partial charge in [-0.15, -0.1) is 11.8 Å². The van der Waals surface area contributed by atoms with Crippen molar-refractivity contribution in [3.63, 3.8) is 0 Å². The van der Waals surface area contributed by atoms with Crippen LogP contribution in [-0.4, -0.2) is 22.3 Å². The van der Waals surface area contributed by atoms with Gasteiger partial charge in [-0.2, -0.15) is 0 Å². The van der Waals surface area contributed by atoms with Crippen molar-refractivity contribution >= 4 is 17.6 Å². The summed E-state index contributed by atoms with van der Waals surface area (Å²) in [7, 11) is 0. The summed E-state index contributed by atoms with van der Waals surface area (Å²) in [4.78, 5) is 10.5. The minimum Gasteiger partial charge on any atom is -0.480 e. The molecule has 1 aliphatic heterocycles. The molecule has 1 unspecified atom stereocenters. The first-order valence-electron chi connectivity index (χ1n) is 7.16. The number of ether oxygens (including phenoxy) is 1. The minimum absolute atomic E-state index is 0.0957. The van der Waals surface area contributed by atoms with Gasteiger partial charge < -0.3 is 10.1 Å². The number of nitrogens with one attached hydrogen (secondary N) is 1. The number of nitrogens with zero attached hydrogens (tertiary/aromatic N) is 2. The van der Waals surface area contributed by atoms with Gasteiger partial charge in [-0.05, 0) is 32.9 Å². The molecular weight excluding hydrogens is 282 g/mol. The normalized spacial score (nSPS) is 17.0. The highest BCUT2D eigenvalue weighted by atomic mass is 32.2. The fraction of sp³-hybridized carbons (Fsp3) is 0.375. The van der Waals surface area contributed by atoms with Gasteiger partial charge >= 0.3 is 0 Å². The van der Waals surface area contributed by atoms with Crippen molar-refractivity contribution in [3.05, 3.63) is 41.3 Å². The third kappa shape index (κ3) is 2.83. The molecule has 3 rings (SSSR count). The van der Waals surface area contributed by atoms with Crippen LogP contribution in [-0.2, 0) is 0 Å². The summed E-state index contributed by atoms with van der Waals surface area (Å²) in [6.07, 6.45) is -0.0957. The van der Waals surface area contributed by atoms with Gasteiger partial charge in [0.05, 0.1) is 0 Å². The van der Waals surface area contributed by atoms with Crippen molar-refractivity contribution in [2.75, 3.05) is 17.6 Å². The van der Waals surface area contributed by atoms with E-state index < -0.39 is 0 Å². The van der Waals surface area contributed by atoms with E-state index in [0.29, 0.717) is 0 Å². The van der Waals surface area contributed by atoms with Crippen LogP contribution in [0.3, 0.4) is 0 Å². The quantitative estimate of drug-likeness (QED) is 0.935. The Morgan fingerprint density at radius 1 is 1.29 bits per heavy atom. The van der Waals surface area contributed by atoms with E-state index in [1.54, 1.807) is 11.8 Å². The Balaban J connectivity index is 1.91. The number of aryl methyl sites for hydroxylation is 1. The molecule has 1 atom stereocenters. The van der Waals surface area contributed by atoms with Crippen LogP contribution in [0.4, 0.5) is 5.82 Å². The summed E-state index contributed by atoms with van der Waals surface area (Å²) in [6, 6.07) is 8.11. The molecule has 2 aromatic rings. The molecule has 0 aliphatic carbocycles. The van der Waals surface area contributed by atoms with Crippen LogP contribution in [0.2, 0.25) is 0 Å². The standard InChI is InChI=1S/C16H19N3OS/c1-4-17-15-10(2)11(3)18-16(19-15)13-9-21-14-8-6-5-7-12(14)20-13/h5-8,13H,4,9H2,1-3H3,(H,17,18,19). The first-order valence-corrected chi connectivity index (χ1v) is 8.15. The average molecular weight is 301 g/mol. The maximum absolute atomic E-state index is 6.07. The smallest absolute Gasteiger partial charge is 0.172 e. The maximum atomic E-state index is 6.07. The molecule has 0 saturated heterocycles. The summed E-state index contributed by atoms with van der Waals surface area (Å²) in [6.45, 7) is 6.98. The summed E-state index contributed by atoms with van der Waals surface area (Å²) in [5.41, 5.74) is 2.10. The molecule has 0 radical (unpaired) electrons. The van der Waals surface area contributed by atoms with E-state index in [4.69, 9.17) is 4.74 Å². The molecule has 2 heterocycles. The average Bonchev–Trinajstić information content (AvgIpc) is 2.51. The highest BCUT2D eigenvalue weighted by molar-refractivity contribution is 7.99. The number of rotatable bonds is 3. The molecule has 1 aliphatic rings. The number of aromatic nitrogens is 2. The van der Waals surface area contributed by atoms with Crippen molar-refractivity contribution in [1.82, 2.24) is 9.97 Å². The van der Waals surface area contributed by atoms with Crippen LogP contribution >= 0.6 is 11.8 Å². The number of anilines is 1. The Hall–Kier alpha value is -1.75. The Kier molecular flexibility index (Phi) is 4.01. The number of thioether (sulfide) groups is 1. The maximum Gasteiger partial charge on any atom is 0.172 e. The molecule has 1 aromatic heterocycles. The van der Waals surface area contributed by atoms with Crippen LogP contribution in [0.1, 0.15) is 30.1 Å². The second kappa shape index (κ2) is 5.93. The van der Waals surface area contributed by atoms with E-state index in [9.17, 15) is 0 Å². The lowest BCUT2D eigenvalue weighted by Crippen LogP contribution is -2.19. The molecule has 0 fully saturated rings. The monoisotopic (exact) mass is 301 g/mol. The fourth-order valence-corrected chi connectivity index (χ4v) is 3.26. The van der Waals surface area contributed by atoms with E-state index in [1.165, 1.54) is 4.90 Å². The molecule has 0 amide bonds. The van der Waals surface area contributed by atoms with Gasteiger partial charge in [-0.25, -0.2) is 9.97 Å². The molecule has 0 spiro atoms. The summed E-state index contributed by atoms with van der Waals surface area (Å²) in [5.74, 6) is 3.43. The highest BCUT2D eigenvalue weighted by Crippen LogP contribution is 2.39. The van der Waals surface area contributed by atoms with E-state index in [1.807, 2.05) is 32.0 Å². The predicted molar refractivity (Wildman–Crippen MR) is 86.2 cm³/mol. The van der Waals surface area contributed by atoms with E-state index in [0.717, 1.165) is 40.9 Å². The van der Waals surface area contributed by atoms with Crippen molar-refractivity contribution in [2.45, 2.75) is 31.8 Å².